The molecule has 68 heavy (non-hydrogen) atoms. The number of carbonyl (C=O) groups excluding carboxylic acids is 4. The third-order valence-corrected chi connectivity index (χ3v) is 13.9. The maximum Gasteiger partial charge on any atom is 0.445 e. The number of primary sulfonamides is 1. The fraction of sp³-hybridized carbons (Fsp3) is 0.222. The molecule has 0 bridgehead atoms. The quantitative estimate of drug-likeness (QED) is 0.166. The number of aromatic nitrogens is 6. The summed E-state index contributed by atoms with van der Waals surface area (Å²) in [6.45, 7) is 3.40. The Morgan fingerprint density at radius 2 is 1.07 bits per heavy atom. The summed E-state index contributed by atoms with van der Waals surface area (Å²) in [4.78, 5) is 79.9. The second kappa shape index (κ2) is 26.8. The van der Waals surface area contributed by atoms with Gasteiger partial charge in [-0.25, -0.2) is 55.5 Å². The van der Waals surface area contributed by atoms with Crippen molar-refractivity contribution < 1.29 is 74.8 Å². The minimum absolute atomic E-state index is 0. The van der Waals surface area contributed by atoms with Crippen LogP contribution < -0.4 is 45.1 Å². The molecule has 0 unspecified atom stereocenters. The zero-order valence-electron chi connectivity index (χ0n) is 36.0. The van der Waals surface area contributed by atoms with Crippen LogP contribution in [-0.4, -0.2) is 117 Å². The van der Waals surface area contributed by atoms with E-state index in [1.807, 2.05) is 36.4 Å². The summed E-state index contributed by atoms with van der Waals surface area (Å²) < 4.78 is 75.6. The van der Waals surface area contributed by atoms with Gasteiger partial charge in [-0.2, -0.15) is 0 Å². The molecule has 2 aromatic carbocycles. The van der Waals surface area contributed by atoms with Crippen LogP contribution in [0.4, 0.5) is 9.59 Å². The van der Waals surface area contributed by atoms with Crippen LogP contribution in [0.25, 0.3) is 0 Å². The molecule has 0 saturated carbocycles. The molecule has 6 aromatic rings. The monoisotopic (exact) mass is 1160 g/mol. The van der Waals surface area contributed by atoms with Gasteiger partial charge in [0.2, 0.25) is 10.0 Å². The molecule has 4 aromatic heterocycles. The molecule has 0 aliphatic heterocycles. The van der Waals surface area contributed by atoms with Crippen molar-refractivity contribution in [1.82, 2.24) is 33.7 Å². The van der Waals surface area contributed by atoms with Crippen LogP contribution in [0.3, 0.4) is 0 Å². The summed E-state index contributed by atoms with van der Waals surface area (Å²) in [7, 11) is -3.63. The molecule has 32 heteroatoms. The highest BCUT2D eigenvalue weighted by Crippen LogP contribution is 2.33. The molecule has 0 aliphatic carbocycles. The number of hydrogen-bond acceptors (Lipinski definition) is 22. The summed E-state index contributed by atoms with van der Waals surface area (Å²) in [5.41, 5.74) is -2.21. The van der Waals surface area contributed by atoms with E-state index in [1.165, 1.54) is 32.1 Å². The van der Waals surface area contributed by atoms with Crippen molar-refractivity contribution in [2.75, 3.05) is 41.7 Å². The number of halogens is 2. The zero-order chi connectivity index (χ0) is 50.1. The lowest BCUT2D eigenvalue weighted by molar-refractivity contribution is 0.0513. The zero-order valence-corrected chi connectivity index (χ0v) is 42.4. The molecule has 0 atom stereocenters. The molecular formula is C36H39Br2N8O18S4-. The van der Waals surface area contributed by atoms with Crippen LogP contribution >= 0.6 is 54.5 Å². The van der Waals surface area contributed by atoms with E-state index in [0.29, 0.717) is 18.9 Å². The van der Waals surface area contributed by atoms with Crippen LogP contribution in [0.2, 0.25) is 0 Å². The minimum Gasteiger partial charge on any atom is -0.870 e. The molecule has 6 rings (SSSR count). The smallest absolute Gasteiger partial charge is 0.445 e. The lowest BCUT2D eigenvalue weighted by Gasteiger charge is -2.07. The van der Waals surface area contributed by atoms with E-state index in [-0.39, 0.29) is 55.2 Å². The van der Waals surface area contributed by atoms with E-state index in [1.54, 1.807) is 48.9 Å². The van der Waals surface area contributed by atoms with E-state index in [9.17, 15) is 45.6 Å². The number of ether oxygens (including phenoxy) is 5. The molecule has 0 aliphatic rings. The number of thiophene rings is 2. The molecule has 4 N–H and O–H groups in total. The second-order valence-electron chi connectivity index (χ2n) is 11.6. The fourth-order valence-corrected chi connectivity index (χ4v) is 11.0. The number of methoxy groups -OCH3 is 2. The SMILES string of the molecule is CCOC(=O)c1csc(Br)c1S(=O)(=O)NC(=O)n1nc(OC)n(OC)c1=O.CCOC(=O)c1csc(Br)c1S(N)(=O)=O.COc1nn(C(=O)Oc2ccccc2)c(=O)n1OC.[OH-].c1ccccc1. The van der Waals surface area contributed by atoms with Crippen LogP contribution in [0.1, 0.15) is 34.6 Å². The van der Waals surface area contributed by atoms with Crippen LogP contribution in [0.5, 0.6) is 17.8 Å². The Bertz CT molecular complexity index is 2960. The summed E-state index contributed by atoms with van der Waals surface area (Å²) >= 11 is 8.02. The third kappa shape index (κ3) is 15.0. The second-order valence-corrected chi connectivity index (χ2v) is 19.1. The highest BCUT2D eigenvalue weighted by Gasteiger charge is 2.32. The lowest BCUT2D eigenvalue weighted by atomic mass is 10.3. The molecule has 0 spiro atoms. The van der Waals surface area contributed by atoms with Crippen LogP contribution in [0, 0.1) is 0 Å². The number of hydrogen-bond donors (Lipinski definition) is 2. The Kier molecular flexibility index (Phi) is 22.7. The van der Waals surface area contributed by atoms with Crippen molar-refractivity contribution in [3.8, 4) is 17.8 Å². The van der Waals surface area contributed by atoms with Gasteiger partial charge < -0.3 is 38.8 Å². The van der Waals surface area contributed by atoms with Crippen molar-refractivity contribution in [3.05, 3.63) is 117 Å². The largest absolute Gasteiger partial charge is 0.870 e. The number of carbonyl (C=O) groups is 4. The predicted molar refractivity (Wildman–Crippen MR) is 246 cm³/mol. The van der Waals surface area contributed by atoms with Crippen molar-refractivity contribution >= 4 is 98.6 Å². The Labute approximate surface area is 410 Å². The standard InChI is InChI=1S/C12H13BrN4O8S2.C11H11N3O5.C7H8BrNO4S2.C6H6.H2O/c1-4-25-9(18)6-5-26-8(13)7(6)27(21,22)15-10(19)16-12(20)17(24-3)11(14-16)23-2;1-17-9-12-13(10(15)14(9)18-2)11(16)19-8-6-4-3-5-7-8;1-2-13-7(10)4-3-14-6(8)5(4)15(9,11)12;1-2-4-6-5-3-1;/h5H,4H2,1-3H3,(H,15,19);3-7H,1-2H3;3H,2H2,1H3,(H2,9,11,12);1-6H;1H2/p-1. The Balaban J connectivity index is 0.000000338. The molecule has 0 fully saturated rings. The summed E-state index contributed by atoms with van der Waals surface area (Å²) in [6, 6.07) is 18.4. The number of para-hydroxylation sites is 1. The molecule has 26 nitrogen and oxygen atoms in total. The molecular weight excluding hydrogens is 1120 g/mol. The number of amides is 1. The van der Waals surface area contributed by atoms with Crippen LogP contribution in [-0.2, 0) is 29.5 Å². The number of nitrogens with one attached hydrogen (secondary N) is 1. The van der Waals surface area contributed by atoms with Gasteiger partial charge in [0, 0.05) is 10.8 Å². The van der Waals surface area contributed by atoms with E-state index >= 15 is 0 Å². The van der Waals surface area contributed by atoms with Gasteiger partial charge in [-0.3, -0.25) is 0 Å². The van der Waals surface area contributed by atoms with E-state index in [2.05, 4.69) is 42.1 Å². The minimum atomic E-state index is -4.55. The topological polar surface area (TPSA) is 349 Å². The molecule has 1 amide bonds. The maximum absolute atomic E-state index is 12.6. The van der Waals surface area contributed by atoms with Crippen molar-refractivity contribution in [2.24, 2.45) is 5.14 Å². The highest BCUT2D eigenvalue weighted by molar-refractivity contribution is 9.11. The summed E-state index contributed by atoms with van der Waals surface area (Å²) in [5.74, 6) is -1.27. The van der Waals surface area contributed by atoms with Gasteiger partial charge in [0.25, 0.3) is 10.0 Å². The number of nitrogens with two attached hydrogens (primary N) is 1. The predicted octanol–water partition coefficient (Wildman–Crippen LogP) is 3.06. The van der Waals surface area contributed by atoms with Gasteiger partial charge in [-0.1, -0.05) is 69.2 Å². The Morgan fingerprint density at radius 1 is 0.676 bits per heavy atom. The van der Waals surface area contributed by atoms with Crippen molar-refractivity contribution in [3.63, 3.8) is 0 Å². The normalized spacial score (nSPS) is 10.4. The summed E-state index contributed by atoms with van der Waals surface area (Å²) in [6.07, 6.45) is -0.953. The number of rotatable bonds is 12. The Morgan fingerprint density at radius 3 is 1.47 bits per heavy atom. The first-order valence-corrected chi connectivity index (χ1v) is 24.5. The molecule has 4 heterocycles. The number of benzene rings is 2. The average Bonchev–Trinajstić information content (AvgIpc) is 4.07. The molecule has 0 radical (unpaired) electrons. The van der Waals surface area contributed by atoms with E-state index in [4.69, 9.17) is 38.5 Å². The van der Waals surface area contributed by atoms with E-state index < -0.39 is 60.4 Å². The number of esters is 2. The average molecular weight is 1160 g/mol. The van der Waals surface area contributed by atoms with Gasteiger partial charge in [0.1, 0.15) is 29.8 Å². The Hall–Kier alpha value is -6.42. The molecule has 370 valence electrons. The van der Waals surface area contributed by atoms with Gasteiger partial charge in [-0.05, 0) is 57.8 Å². The fourth-order valence-electron chi connectivity index (χ4n) is 4.57. The molecule has 0 saturated heterocycles. The maximum atomic E-state index is 12.6. The lowest BCUT2D eigenvalue weighted by Crippen LogP contribution is -2.41. The van der Waals surface area contributed by atoms with Crippen molar-refractivity contribution in [1.29, 1.82) is 0 Å². The number of sulfonamides is 2. The van der Waals surface area contributed by atoms with E-state index in [0.717, 1.165) is 34.5 Å². The third-order valence-electron chi connectivity index (χ3n) is 7.31. The first-order valence-electron chi connectivity index (χ1n) is 18.1. The van der Waals surface area contributed by atoms with Crippen molar-refractivity contribution in [2.45, 2.75) is 23.6 Å². The highest BCUT2D eigenvalue weighted by atomic mass is 79.9. The number of nitrogens with zero attached hydrogens (tertiary/aromatic N) is 6. The van der Waals surface area contributed by atoms with Gasteiger partial charge in [0.05, 0.1) is 46.1 Å². The first-order chi connectivity index (χ1) is 31.7. The van der Waals surface area contributed by atoms with Gasteiger partial charge >= 0.3 is 47.5 Å². The van der Waals surface area contributed by atoms with Crippen LogP contribution in [0.15, 0.2) is 104 Å². The van der Waals surface area contributed by atoms with Gasteiger partial charge in [0.15, 0.2) is 0 Å². The first kappa shape index (κ1) is 57.7. The summed E-state index contributed by atoms with van der Waals surface area (Å²) in [5, 5.41) is 14.8. The van der Waals surface area contributed by atoms with Gasteiger partial charge in [-0.15, -0.1) is 37.1 Å².